The molecule has 0 aliphatic heterocycles. The lowest BCUT2D eigenvalue weighted by molar-refractivity contribution is -0.168. The van der Waals surface area contributed by atoms with E-state index in [1.807, 2.05) is 74.5 Å². The molecule has 6 nitrogen and oxygen atoms in total. The second-order valence-electron chi connectivity index (χ2n) is 7.33. The zero-order chi connectivity index (χ0) is 23.5. The van der Waals surface area contributed by atoms with E-state index in [0.717, 1.165) is 11.1 Å². The van der Waals surface area contributed by atoms with Crippen LogP contribution in [0, 0.1) is 0 Å². The molecule has 176 valence electrons. The minimum Gasteiger partial charge on any atom is -0.396 e. The van der Waals surface area contributed by atoms with E-state index in [4.69, 9.17) is 19.0 Å². The van der Waals surface area contributed by atoms with Gasteiger partial charge in [0.1, 0.15) is 5.78 Å². The van der Waals surface area contributed by atoms with Gasteiger partial charge in [-0.1, -0.05) is 60.7 Å². The molecule has 0 unspecified atom stereocenters. The van der Waals surface area contributed by atoms with Crippen LogP contribution in [0.25, 0.3) is 0 Å². The molecule has 0 bridgehead atoms. The molecule has 2 aromatic carbocycles. The fourth-order valence-corrected chi connectivity index (χ4v) is 6.40. The van der Waals surface area contributed by atoms with Crippen LogP contribution < -0.4 is 0 Å². The SMILES string of the molecule is CCOC(C)(OCC)[P@@](=O)(OCC)[C@@H](CCCO)N=C(c1ccccc1)c1ccccc1. The number of aliphatic hydroxyl groups excluding tert-OH is 1. The van der Waals surface area contributed by atoms with Crippen molar-refractivity contribution in [2.24, 2.45) is 4.99 Å². The van der Waals surface area contributed by atoms with Crippen molar-refractivity contribution in [3.63, 3.8) is 0 Å². The van der Waals surface area contributed by atoms with Crippen LogP contribution in [-0.2, 0) is 18.6 Å². The molecule has 0 spiro atoms. The van der Waals surface area contributed by atoms with Crippen molar-refractivity contribution >= 4 is 13.1 Å². The first-order chi connectivity index (χ1) is 15.5. The normalized spacial score (nSPS) is 14.5. The van der Waals surface area contributed by atoms with Crippen molar-refractivity contribution in [2.45, 2.75) is 51.8 Å². The van der Waals surface area contributed by atoms with Gasteiger partial charge in [0.25, 0.3) is 7.37 Å². The molecular formula is C25H36NO5P. The number of ether oxygens (including phenoxy) is 2. The molecular weight excluding hydrogens is 425 g/mol. The number of aliphatic hydroxyl groups is 1. The van der Waals surface area contributed by atoms with Crippen molar-refractivity contribution in [1.82, 2.24) is 0 Å². The van der Waals surface area contributed by atoms with Gasteiger partial charge < -0.3 is 19.1 Å². The summed E-state index contributed by atoms with van der Waals surface area (Å²) in [6.45, 7) is 7.95. The van der Waals surface area contributed by atoms with Crippen LogP contribution in [0.4, 0.5) is 0 Å². The highest BCUT2D eigenvalue weighted by atomic mass is 31.2. The van der Waals surface area contributed by atoms with Gasteiger partial charge in [-0.15, -0.1) is 0 Å². The van der Waals surface area contributed by atoms with E-state index in [9.17, 15) is 9.67 Å². The molecule has 32 heavy (non-hydrogen) atoms. The number of nitrogens with zero attached hydrogens (tertiary/aromatic N) is 1. The summed E-state index contributed by atoms with van der Waals surface area (Å²) in [5.41, 5.74) is 1.08. The molecule has 2 aromatic rings. The van der Waals surface area contributed by atoms with E-state index in [1.54, 1.807) is 13.8 Å². The predicted molar refractivity (Wildman–Crippen MR) is 130 cm³/mol. The number of hydrogen-bond acceptors (Lipinski definition) is 6. The Morgan fingerprint density at radius 3 is 1.84 bits per heavy atom. The third-order valence-electron chi connectivity index (χ3n) is 5.10. The van der Waals surface area contributed by atoms with Gasteiger partial charge in [-0.2, -0.15) is 0 Å². The summed E-state index contributed by atoms with van der Waals surface area (Å²) >= 11 is 0. The summed E-state index contributed by atoms with van der Waals surface area (Å²) in [6, 6.07) is 19.6. The molecule has 2 rings (SSSR count). The van der Waals surface area contributed by atoms with Crippen molar-refractivity contribution < 1.29 is 23.7 Å². The molecule has 1 N–H and O–H groups in total. The molecule has 0 aromatic heterocycles. The van der Waals surface area contributed by atoms with Gasteiger partial charge in [0.05, 0.1) is 12.3 Å². The van der Waals surface area contributed by atoms with Crippen LogP contribution in [0.3, 0.4) is 0 Å². The average molecular weight is 462 g/mol. The Bertz CT molecular complexity index is 825. The van der Waals surface area contributed by atoms with Gasteiger partial charge in [-0.25, -0.2) is 0 Å². The van der Waals surface area contributed by atoms with Gasteiger partial charge in [-0.3, -0.25) is 9.56 Å². The lowest BCUT2D eigenvalue weighted by Crippen LogP contribution is -2.37. The van der Waals surface area contributed by atoms with Crippen molar-refractivity contribution in [3.8, 4) is 0 Å². The van der Waals surface area contributed by atoms with E-state index >= 15 is 0 Å². The summed E-state index contributed by atoms with van der Waals surface area (Å²) in [5, 5.41) is 9.55. The standard InChI is InChI=1S/C25H36NO5P/c1-5-29-25(4,30-6-2)32(28,31-7-3)23(19-14-20-27)26-24(21-15-10-8-11-16-21)22-17-12-9-13-18-22/h8-13,15-18,23,27H,5-7,14,19-20H2,1-4H3/t23-,32-/m0/s1. The summed E-state index contributed by atoms with van der Waals surface area (Å²) in [6.07, 6.45) is 0.795. The Morgan fingerprint density at radius 1 is 0.938 bits per heavy atom. The Hall–Kier alpha value is -1.82. The second kappa shape index (κ2) is 13.0. The molecule has 0 aliphatic rings. The van der Waals surface area contributed by atoms with Crippen molar-refractivity contribution in [3.05, 3.63) is 71.8 Å². The summed E-state index contributed by atoms with van der Waals surface area (Å²) < 4.78 is 32.3. The monoisotopic (exact) mass is 461 g/mol. The Kier molecular flexibility index (Phi) is 10.8. The minimum atomic E-state index is -3.65. The lowest BCUT2D eigenvalue weighted by atomic mass is 10.0. The Balaban J connectivity index is 2.71. The van der Waals surface area contributed by atoms with E-state index in [-0.39, 0.29) is 13.2 Å². The molecule has 0 amide bonds. The van der Waals surface area contributed by atoms with Gasteiger partial charge in [0.2, 0.25) is 5.53 Å². The van der Waals surface area contributed by atoms with Gasteiger partial charge in [-0.05, 0) is 40.5 Å². The van der Waals surface area contributed by atoms with Gasteiger partial charge in [0, 0.05) is 30.9 Å². The Morgan fingerprint density at radius 2 is 1.44 bits per heavy atom. The van der Waals surface area contributed by atoms with Crippen LogP contribution >= 0.6 is 7.37 Å². The minimum absolute atomic E-state index is 0.0376. The maximum Gasteiger partial charge on any atom is 0.284 e. The van der Waals surface area contributed by atoms with Crippen molar-refractivity contribution in [1.29, 1.82) is 0 Å². The van der Waals surface area contributed by atoms with Crippen LogP contribution in [0.1, 0.15) is 51.7 Å². The smallest absolute Gasteiger partial charge is 0.284 e. The molecule has 0 radical (unpaired) electrons. The fourth-order valence-electron chi connectivity index (χ4n) is 3.66. The largest absolute Gasteiger partial charge is 0.396 e. The quantitative estimate of drug-likeness (QED) is 0.222. The molecule has 0 saturated carbocycles. The molecule has 0 aliphatic carbocycles. The van der Waals surface area contributed by atoms with Gasteiger partial charge >= 0.3 is 0 Å². The molecule has 0 heterocycles. The van der Waals surface area contributed by atoms with E-state index < -0.39 is 18.7 Å². The average Bonchev–Trinajstić information content (AvgIpc) is 2.80. The van der Waals surface area contributed by atoms with E-state index in [2.05, 4.69) is 0 Å². The fraction of sp³-hybridized carbons (Fsp3) is 0.480. The molecule has 2 atom stereocenters. The number of rotatable bonds is 14. The highest BCUT2D eigenvalue weighted by Gasteiger charge is 2.53. The highest BCUT2D eigenvalue weighted by Crippen LogP contribution is 2.65. The van der Waals surface area contributed by atoms with E-state index in [0.29, 0.717) is 31.8 Å². The molecule has 0 saturated heterocycles. The van der Waals surface area contributed by atoms with Crippen molar-refractivity contribution in [2.75, 3.05) is 26.4 Å². The topological polar surface area (TPSA) is 77.4 Å². The highest BCUT2D eigenvalue weighted by molar-refractivity contribution is 7.61. The van der Waals surface area contributed by atoms with Crippen LogP contribution in [0.2, 0.25) is 0 Å². The first kappa shape index (κ1) is 26.4. The molecule has 7 heteroatoms. The Labute approximate surface area is 192 Å². The summed E-state index contributed by atoms with van der Waals surface area (Å²) in [7, 11) is -3.65. The van der Waals surface area contributed by atoms with Crippen LogP contribution in [-0.4, -0.2) is 48.6 Å². The maximum atomic E-state index is 14.6. The van der Waals surface area contributed by atoms with E-state index in [1.165, 1.54) is 0 Å². The predicted octanol–water partition coefficient (Wildman–Crippen LogP) is 5.68. The molecule has 0 fully saturated rings. The van der Waals surface area contributed by atoms with Crippen LogP contribution in [0.5, 0.6) is 0 Å². The van der Waals surface area contributed by atoms with Crippen LogP contribution in [0.15, 0.2) is 65.7 Å². The van der Waals surface area contributed by atoms with Gasteiger partial charge in [0.15, 0.2) is 0 Å². The zero-order valence-electron chi connectivity index (χ0n) is 19.6. The summed E-state index contributed by atoms with van der Waals surface area (Å²) in [4.78, 5) is 5.03. The number of benzene rings is 2. The first-order valence-corrected chi connectivity index (χ1v) is 13.0. The lowest BCUT2D eigenvalue weighted by Gasteiger charge is -2.39. The zero-order valence-corrected chi connectivity index (χ0v) is 20.5. The maximum absolute atomic E-state index is 14.6. The second-order valence-corrected chi connectivity index (χ2v) is 10.2. The third kappa shape index (κ3) is 6.37. The number of aliphatic imine (C=N–C) groups is 1. The summed E-state index contributed by atoms with van der Waals surface area (Å²) in [5.74, 6) is -0.756. The number of hydrogen-bond donors (Lipinski definition) is 1. The third-order valence-corrected chi connectivity index (χ3v) is 8.29. The first-order valence-electron chi connectivity index (χ1n) is 11.3.